The van der Waals surface area contributed by atoms with Crippen LogP contribution in [0.4, 0.5) is 0 Å². The van der Waals surface area contributed by atoms with Gasteiger partial charge in [0, 0.05) is 0 Å². The molecule has 9 heavy (non-hydrogen) atoms. The van der Waals surface area contributed by atoms with E-state index in [0.717, 1.165) is 0 Å². The zero-order chi connectivity index (χ0) is 7.11. The van der Waals surface area contributed by atoms with Gasteiger partial charge in [-0.05, 0) is 0 Å². The van der Waals surface area contributed by atoms with Gasteiger partial charge in [-0.25, -0.2) is 0 Å². The average molecular weight is 129 g/mol. The van der Waals surface area contributed by atoms with E-state index in [-0.39, 0.29) is 19.4 Å². The first-order chi connectivity index (χ1) is 4.35. The third-order valence-corrected chi connectivity index (χ3v) is 0.549. The smallest absolute Gasteiger partial charge is 0.240 e. The molecule has 0 bridgehead atoms. The molecule has 0 aromatic rings. The lowest BCUT2D eigenvalue weighted by Crippen LogP contribution is -2.19. The SMILES string of the molecule is C=CCON(C=O)C=O. The number of hydroxylamine groups is 2. The fraction of sp³-hybridized carbons (Fsp3) is 0.200. The van der Waals surface area contributed by atoms with Crippen LogP contribution in [0.1, 0.15) is 0 Å². The van der Waals surface area contributed by atoms with E-state index in [1.54, 1.807) is 0 Å². The standard InChI is InChI=1S/C5H7NO3/c1-2-3-9-6(4-7)5-8/h2,4-5H,1,3H2. The van der Waals surface area contributed by atoms with Gasteiger partial charge in [-0.15, -0.1) is 6.58 Å². The summed E-state index contributed by atoms with van der Waals surface area (Å²) in [6, 6.07) is 0. The van der Waals surface area contributed by atoms with Gasteiger partial charge in [0.1, 0.15) is 0 Å². The lowest BCUT2D eigenvalue weighted by Gasteiger charge is -2.04. The third-order valence-electron chi connectivity index (χ3n) is 0.549. The van der Waals surface area contributed by atoms with Crippen molar-refractivity contribution in [1.29, 1.82) is 0 Å². The number of imide groups is 1. The van der Waals surface area contributed by atoms with E-state index in [1.807, 2.05) is 0 Å². The first kappa shape index (κ1) is 7.84. The van der Waals surface area contributed by atoms with Crippen LogP contribution in [-0.2, 0) is 14.4 Å². The Balaban J connectivity index is 3.41. The van der Waals surface area contributed by atoms with Crippen molar-refractivity contribution < 1.29 is 14.4 Å². The minimum atomic E-state index is 0.150. The first-order valence-corrected chi connectivity index (χ1v) is 2.28. The molecule has 0 fully saturated rings. The summed E-state index contributed by atoms with van der Waals surface area (Å²) in [6.07, 6.45) is 1.98. The summed E-state index contributed by atoms with van der Waals surface area (Å²) in [4.78, 5) is 24.0. The maximum Gasteiger partial charge on any atom is 0.240 e. The Morgan fingerprint density at radius 2 is 2.00 bits per heavy atom. The Kier molecular flexibility index (Phi) is 4.34. The minimum Gasteiger partial charge on any atom is -0.276 e. The van der Waals surface area contributed by atoms with Crippen molar-refractivity contribution in [1.82, 2.24) is 5.06 Å². The molecule has 0 aromatic heterocycles. The number of rotatable bonds is 5. The van der Waals surface area contributed by atoms with Crippen LogP contribution >= 0.6 is 0 Å². The van der Waals surface area contributed by atoms with Gasteiger partial charge in [-0.3, -0.25) is 14.4 Å². The number of nitrogens with zero attached hydrogens (tertiary/aromatic N) is 1. The predicted molar refractivity (Wildman–Crippen MR) is 30.1 cm³/mol. The average Bonchev–Trinajstić information content (AvgIpc) is 1.91. The van der Waals surface area contributed by atoms with Crippen LogP contribution in [0, 0.1) is 0 Å². The molecule has 0 radical (unpaired) electrons. The second kappa shape index (κ2) is 4.99. The highest BCUT2D eigenvalue weighted by atomic mass is 16.7. The van der Waals surface area contributed by atoms with Gasteiger partial charge in [-0.1, -0.05) is 6.08 Å². The van der Waals surface area contributed by atoms with Crippen LogP contribution < -0.4 is 0 Å². The topological polar surface area (TPSA) is 46.6 Å². The Bertz CT molecular complexity index is 105. The van der Waals surface area contributed by atoms with E-state index < -0.39 is 0 Å². The third kappa shape index (κ3) is 3.42. The molecule has 0 aliphatic carbocycles. The highest BCUT2D eigenvalue weighted by Crippen LogP contribution is 1.78. The van der Waals surface area contributed by atoms with Crippen LogP contribution in [0.15, 0.2) is 12.7 Å². The van der Waals surface area contributed by atoms with Crippen molar-refractivity contribution in [3.05, 3.63) is 12.7 Å². The van der Waals surface area contributed by atoms with Crippen molar-refractivity contribution in [2.75, 3.05) is 6.61 Å². The Labute approximate surface area is 52.7 Å². The highest BCUT2D eigenvalue weighted by Gasteiger charge is 1.93. The van der Waals surface area contributed by atoms with E-state index in [0.29, 0.717) is 5.06 Å². The molecule has 0 aromatic carbocycles. The second-order valence-electron chi connectivity index (χ2n) is 1.16. The van der Waals surface area contributed by atoms with Crippen molar-refractivity contribution in [2.45, 2.75) is 0 Å². The molecule has 2 amide bonds. The number of hydrogen-bond donors (Lipinski definition) is 0. The van der Waals surface area contributed by atoms with Crippen molar-refractivity contribution in [3.63, 3.8) is 0 Å². The summed E-state index contributed by atoms with van der Waals surface area (Å²) in [5.41, 5.74) is 0. The molecule has 4 nitrogen and oxygen atoms in total. The lowest BCUT2D eigenvalue weighted by atomic mass is 10.7. The lowest BCUT2D eigenvalue weighted by molar-refractivity contribution is -0.172. The largest absolute Gasteiger partial charge is 0.276 e. The quantitative estimate of drug-likeness (QED) is 0.291. The van der Waals surface area contributed by atoms with Gasteiger partial charge in [0.2, 0.25) is 12.8 Å². The van der Waals surface area contributed by atoms with E-state index in [4.69, 9.17) is 0 Å². The molecule has 0 atom stereocenters. The van der Waals surface area contributed by atoms with E-state index in [2.05, 4.69) is 11.4 Å². The second-order valence-corrected chi connectivity index (χ2v) is 1.16. The number of amides is 2. The normalized spacial score (nSPS) is 8.00. The molecule has 0 saturated carbocycles. The number of carbonyl (C=O) groups is 2. The van der Waals surface area contributed by atoms with Crippen molar-refractivity contribution in [3.8, 4) is 0 Å². The molecule has 0 saturated heterocycles. The molecule has 0 rings (SSSR count). The van der Waals surface area contributed by atoms with Crippen LogP contribution in [0.5, 0.6) is 0 Å². The number of carbonyl (C=O) groups excluding carboxylic acids is 2. The summed E-state index contributed by atoms with van der Waals surface area (Å²) >= 11 is 0. The molecule has 4 heteroatoms. The van der Waals surface area contributed by atoms with Crippen LogP contribution in [0.2, 0.25) is 0 Å². The van der Waals surface area contributed by atoms with Gasteiger partial charge < -0.3 is 0 Å². The molecular formula is C5H7NO3. The van der Waals surface area contributed by atoms with Gasteiger partial charge in [0.05, 0.1) is 6.61 Å². The fourth-order valence-corrected chi connectivity index (χ4v) is 0.224. The van der Waals surface area contributed by atoms with Crippen LogP contribution in [0.3, 0.4) is 0 Å². The van der Waals surface area contributed by atoms with E-state index in [9.17, 15) is 9.59 Å². The highest BCUT2D eigenvalue weighted by molar-refractivity contribution is 5.66. The van der Waals surface area contributed by atoms with Crippen LogP contribution in [0.25, 0.3) is 0 Å². The van der Waals surface area contributed by atoms with Gasteiger partial charge >= 0.3 is 0 Å². The molecule has 0 spiro atoms. The zero-order valence-corrected chi connectivity index (χ0v) is 4.82. The predicted octanol–water partition coefficient (Wildman–Crippen LogP) is -0.281. The summed E-state index contributed by atoms with van der Waals surface area (Å²) in [5.74, 6) is 0. The van der Waals surface area contributed by atoms with Crippen LogP contribution in [-0.4, -0.2) is 24.5 Å². The Morgan fingerprint density at radius 3 is 2.33 bits per heavy atom. The molecule has 0 heterocycles. The van der Waals surface area contributed by atoms with Gasteiger partial charge in [-0.2, -0.15) is 5.06 Å². The summed E-state index contributed by atoms with van der Waals surface area (Å²) in [5, 5.41) is 0.529. The van der Waals surface area contributed by atoms with Crippen molar-refractivity contribution >= 4 is 12.8 Å². The van der Waals surface area contributed by atoms with E-state index >= 15 is 0 Å². The fourth-order valence-electron chi connectivity index (χ4n) is 0.224. The molecule has 0 aliphatic heterocycles. The molecule has 0 unspecified atom stereocenters. The maximum absolute atomic E-state index is 9.78. The zero-order valence-electron chi connectivity index (χ0n) is 4.82. The van der Waals surface area contributed by atoms with Gasteiger partial charge in [0.25, 0.3) is 0 Å². The first-order valence-electron chi connectivity index (χ1n) is 2.28. The molecule has 0 N–H and O–H groups in total. The minimum absolute atomic E-state index is 0.150. The Hall–Kier alpha value is -1.16. The summed E-state index contributed by atoms with van der Waals surface area (Å²) < 4.78 is 0. The summed E-state index contributed by atoms with van der Waals surface area (Å²) in [6.45, 7) is 3.47. The summed E-state index contributed by atoms with van der Waals surface area (Å²) in [7, 11) is 0. The van der Waals surface area contributed by atoms with E-state index in [1.165, 1.54) is 6.08 Å². The molecule has 50 valence electrons. The number of hydrogen-bond acceptors (Lipinski definition) is 3. The van der Waals surface area contributed by atoms with Gasteiger partial charge in [0.15, 0.2) is 0 Å². The Morgan fingerprint density at radius 1 is 1.44 bits per heavy atom. The molecular weight excluding hydrogens is 122 g/mol. The monoisotopic (exact) mass is 129 g/mol. The molecule has 0 aliphatic rings. The van der Waals surface area contributed by atoms with Crippen molar-refractivity contribution in [2.24, 2.45) is 0 Å². The maximum atomic E-state index is 9.78.